The van der Waals surface area contributed by atoms with Crippen molar-refractivity contribution < 1.29 is 19.1 Å². The van der Waals surface area contributed by atoms with E-state index >= 15 is 0 Å². The molecule has 6 nitrogen and oxygen atoms in total. The minimum absolute atomic E-state index is 0.110. The first-order valence-electron chi connectivity index (χ1n) is 7.37. The minimum Gasteiger partial charge on any atom is -0.423 e. The molecule has 2 aromatic rings. The quantitative estimate of drug-likeness (QED) is 0.653. The molecule has 0 aliphatic heterocycles. The van der Waals surface area contributed by atoms with E-state index in [1.807, 2.05) is 0 Å². The number of carbonyl (C=O) groups is 3. The van der Waals surface area contributed by atoms with Gasteiger partial charge in [-0.2, -0.15) is 0 Å². The van der Waals surface area contributed by atoms with Crippen LogP contribution in [0.3, 0.4) is 0 Å². The molecule has 2 aromatic carbocycles. The summed E-state index contributed by atoms with van der Waals surface area (Å²) in [4.78, 5) is 33.9. The second-order valence-electron chi connectivity index (χ2n) is 5.20. The first-order valence-corrected chi connectivity index (χ1v) is 7.37. The molecule has 0 fully saturated rings. The highest BCUT2D eigenvalue weighted by Crippen LogP contribution is 2.17. The molecule has 2 amide bonds. The maximum absolute atomic E-state index is 12.1. The summed E-state index contributed by atoms with van der Waals surface area (Å²) in [6.07, 6.45) is 0. The van der Waals surface area contributed by atoms with Gasteiger partial charge in [0.2, 0.25) is 11.8 Å². The van der Waals surface area contributed by atoms with Gasteiger partial charge in [-0.1, -0.05) is 12.1 Å². The Bertz CT molecular complexity index is 737. The Labute approximate surface area is 139 Å². The monoisotopic (exact) mass is 326 g/mol. The fraction of sp³-hybridized carbons (Fsp3) is 0.167. The Kier molecular flexibility index (Phi) is 5.68. The maximum Gasteiger partial charge on any atom is 0.343 e. The molecule has 0 aromatic heterocycles. The summed E-state index contributed by atoms with van der Waals surface area (Å²) in [6, 6.07) is 13.3. The summed E-state index contributed by atoms with van der Waals surface area (Å²) in [6.45, 7) is 3.28. The zero-order chi connectivity index (χ0) is 17.5. The number of nitrogens with one attached hydrogen (secondary N) is 2. The molecular weight excluding hydrogens is 308 g/mol. The fourth-order valence-corrected chi connectivity index (χ4v) is 1.96. The largest absolute Gasteiger partial charge is 0.423 e. The third kappa shape index (κ3) is 5.24. The van der Waals surface area contributed by atoms with Crippen molar-refractivity contribution in [3.05, 3.63) is 59.7 Å². The summed E-state index contributed by atoms with van der Waals surface area (Å²) in [5.74, 6) is -0.370. The standard InChI is InChI=1S/C18H18N2O4/c1-12(21)19-11-14-3-5-15(6-4-14)18(23)24-17-9-7-16(8-10-17)20-13(2)22/h3-10H,11H2,1-2H3,(H,19,21)(H,20,22). The van der Waals surface area contributed by atoms with E-state index in [0.29, 0.717) is 23.5 Å². The van der Waals surface area contributed by atoms with Crippen LogP contribution in [-0.2, 0) is 16.1 Å². The lowest BCUT2D eigenvalue weighted by molar-refractivity contribution is -0.119. The van der Waals surface area contributed by atoms with E-state index in [1.54, 1.807) is 48.5 Å². The van der Waals surface area contributed by atoms with Crippen molar-refractivity contribution in [2.24, 2.45) is 0 Å². The van der Waals surface area contributed by atoms with Gasteiger partial charge in [0.1, 0.15) is 5.75 Å². The molecular formula is C18H18N2O4. The van der Waals surface area contributed by atoms with Gasteiger partial charge in [-0.05, 0) is 42.0 Å². The maximum atomic E-state index is 12.1. The number of hydrogen-bond donors (Lipinski definition) is 2. The Balaban J connectivity index is 1.96. The van der Waals surface area contributed by atoms with Crippen molar-refractivity contribution in [2.45, 2.75) is 20.4 Å². The molecule has 2 rings (SSSR count). The summed E-state index contributed by atoms with van der Waals surface area (Å²) in [7, 11) is 0. The third-order valence-corrected chi connectivity index (χ3v) is 3.12. The SMILES string of the molecule is CC(=O)NCc1ccc(C(=O)Oc2ccc(NC(C)=O)cc2)cc1. The van der Waals surface area contributed by atoms with Crippen LogP contribution in [0.4, 0.5) is 5.69 Å². The number of benzene rings is 2. The van der Waals surface area contributed by atoms with Crippen LogP contribution >= 0.6 is 0 Å². The molecule has 0 atom stereocenters. The summed E-state index contributed by atoms with van der Waals surface area (Å²) >= 11 is 0. The summed E-state index contributed by atoms with van der Waals surface area (Å²) in [5, 5.41) is 5.32. The summed E-state index contributed by atoms with van der Waals surface area (Å²) in [5.41, 5.74) is 1.93. The van der Waals surface area contributed by atoms with Gasteiger partial charge in [-0.15, -0.1) is 0 Å². The number of ether oxygens (including phenoxy) is 1. The normalized spacial score (nSPS) is 9.92. The Morgan fingerprint density at radius 2 is 1.50 bits per heavy atom. The number of carbonyl (C=O) groups excluding carboxylic acids is 3. The van der Waals surface area contributed by atoms with Crippen molar-refractivity contribution in [1.82, 2.24) is 5.32 Å². The van der Waals surface area contributed by atoms with Crippen LogP contribution in [0.2, 0.25) is 0 Å². The highest BCUT2D eigenvalue weighted by atomic mass is 16.5. The molecule has 24 heavy (non-hydrogen) atoms. The van der Waals surface area contributed by atoms with Crippen LogP contribution in [0, 0.1) is 0 Å². The predicted molar refractivity (Wildman–Crippen MR) is 89.7 cm³/mol. The molecule has 0 aliphatic carbocycles. The van der Waals surface area contributed by atoms with E-state index in [1.165, 1.54) is 13.8 Å². The molecule has 0 unspecified atom stereocenters. The van der Waals surface area contributed by atoms with Crippen LogP contribution in [0.25, 0.3) is 0 Å². The van der Waals surface area contributed by atoms with Crippen LogP contribution in [-0.4, -0.2) is 17.8 Å². The van der Waals surface area contributed by atoms with Crippen LogP contribution in [0.15, 0.2) is 48.5 Å². The molecule has 0 bridgehead atoms. The third-order valence-electron chi connectivity index (χ3n) is 3.12. The van der Waals surface area contributed by atoms with Crippen LogP contribution in [0.1, 0.15) is 29.8 Å². The van der Waals surface area contributed by atoms with Gasteiger partial charge in [0, 0.05) is 26.1 Å². The average Bonchev–Trinajstić information content (AvgIpc) is 2.54. The van der Waals surface area contributed by atoms with E-state index in [0.717, 1.165) is 5.56 Å². The minimum atomic E-state index is -0.478. The van der Waals surface area contributed by atoms with Crippen molar-refractivity contribution in [1.29, 1.82) is 0 Å². The van der Waals surface area contributed by atoms with E-state index in [9.17, 15) is 14.4 Å². The molecule has 2 N–H and O–H groups in total. The van der Waals surface area contributed by atoms with Gasteiger partial charge < -0.3 is 15.4 Å². The van der Waals surface area contributed by atoms with E-state index in [4.69, 9.17) is 4.74 Å². The predicted octanol–water partition coefficient (Wildman–Crippen LogP) is 2.50. The zero-order valence-electron chi connectivity index (χ0n) is 13.5. The highest BCUT2D eigenvalue weighted by Gasteiger charge is 2.09. The first-order chi connectivity index (χ1) is 11.4. The van der Waals surface area contributed by atoms with Crippen LogP contribution < -0.4 is 15.4 Å². The second kappa shape index (κ2) is 7.92. The lowest BCUT2D eigenvalue weighted by Gasteiger charge is -2.07. The fourth-order valence-electron chi connectivity index (χ4n) is 1.96. The van der Waals surface area contributed by atoms with Gasteiger partial charge in [-0.3, -0.25) is 9.59 Å². The van der Waals surface area contributed by atoms with Crippen molar-refractivity contribution in [2.75, 3.05) is 5.32 Å². The number of anilines is 1. The lowest BCUT2D eigenvalue weighted by atomic mass is 10.1. The zero-order valence-corrected chi connectivity index (χ0v) is 13.5. The first kappa shape index (κ1) is 17.2. The van der Waals surface area contributed by atoms with Crippen molar-refractivity contribution >= 4 is 23.5 Å². The van der Waals surface area contributed by atoms with Crippen molar-refractivity contribution in [3.8, 4) is 5.75 Å². The Morgan fingerprint density at radius 3 is 2.04 bits per heavy atom. The molecule has 0 saturated carbocycles. The molecule has 0 radical (unpaired) electrons. The molecule has 0 aliphatic rings. The topological polar surface area (TPSA) is 84.5 Å². The number of rotatable bonds is 5. The Morgan fingerprint density at radius 1 is 0.875 bits per heavy atom. The lowest BCUT2D eigenvalue weighted by Crippen LogP contribution is -2.19. The van der Waals surface area contributed by atoms with Gasteiger partial charge in [0.05, 0.1) is 5.56 Å². The van der Waals surface area contributed by atoms with E-state index < -0.39 is 5.97 Å². The van der Waals surface area contributed by atoms with Gasteiger partial charge >= 0.3 is 5.97 Å². The molecule has 6 heteroatoms. The van der Waals surface area contributed by atoms with E-state index in [-0.39, 0.29) is 11.8 Å². The smallest absolute Gasteiger partial charge is 0.343 e. The number of hydrogen-bond acceptors (Lipinski definition) is 4. The van der Waals surface area contributed by atoms with Crippen molar-refractivity contribution in [3.63, 3.8) is 0 Å². The second-order valence-corrected chi connectivity index (χ2v) is 5.20. The summed E-state index contributed by atoms with van der Waals surface area (Å²) < 4.78 is 5.28. The molecule has 124 valence electrons. The van der Waals surface area contributed by atoms with Gasteiger partial charge in [0.15, 0.2) is 0 Å². The average molecular weight is 326 g/mol. The number of amides is 2. The molecule has 0 saturated heterocycles. The van der Waals surface area contributed by atoms with Gasteiger partial charge in [0.25, 0.3) is 0 Å². The van der Waals surface area contributed by atoms with Gasteiger partial charge in [-0.25, -0.2) is 4.79 Å². The molecule has 0 spiro atoms. The highest BCUT2D eigenvalue weighted by molar-refractivity contribution is 5.91. The van der Waals surface area contributed by atoms with Crippen LogP contribution in [0.5, 0.6) is 5.75 Å². The van der Waals surface area contributed by atoms with E-state index in [2.05, 4.69) is 10.6 Å². The Hall–Kier alpha value is -3.15. The number of esters is 1. The molecule has 0 heterocycles.